The predicted octanol–water partition coefficient (Wildman–Crippen LogP) is 2.86. The van der Waals surface area contributed by atoms with E-state index in [1.165, 1.54) is 12.8 Å². The van der Waals surface area contributed by atoms with Crippen LogP contribution in [0.5, 0.6) is 0 Å². The number of carbonyl (C=O) groups is 1. The Morgan fingerprint density at radius 2 is 1.92 bits per heavy atom. The smallest absolute Gasteiger partial charge is 0.315 e. The Balaban J connectivity index is 3.11. The summed E-state index contributed by atoms with van der Waals surface area (Å²) in [4.78, 5) is 11.0. The van der Waals surface area contributed by atoms with Crippen molar-refractivity contribution in [2.75, 3.05) is 18.1 Å². The number of hydrogen-bond donors (Lipinski definition) is 0. The molecule has 0 spiro atoms. The summed E-state index contributed by atoms with van der Waals surface area (Å²) in [5.41, 5.74) is 0. The Hall–Kier alpha value is -0.180. The molecule has 0 aliphatic carbocycles. The molecule has 0 aromatic rings. The Kier molecular flexibility index (Phi) is 9.77. The van der Waals surface area contributed by atoms with Crippen LogP contribution >= 0.6 is 11.8 Å². The van der Waals surface area contributed by atoms with Crippen LogP contribution in [0.15, 0.2) is 0 Å². The second kappa shape index (κ2) is 9.90. The quantitative estimate of drug-likeness (QED) is 0.449. The molecule has 0 saturated carbocycles. The summed E-state index contributed by atoms with van der Waals surface area (Å²) in [6, 6.07) is 0. The molecule has 0 fully saturated rings. The fourth-order valence-electron chi connectivity index (χ4n) is 0.774. The molecule has 0 amide bonds. The van der Waals surface area contributed by atoms with E-state index < -0.39 is 0 Å². The predicted molar refractivity (Wildman–Crippen MR) is 58.1 cm³/mol. The van der Waals surface area contributed by atoms with Crippen molar-refractivity contribution in [2.45, 2.75) is 39.5 Å². The van der Waals surface area contributed by atoms with Crippen LogP contribution in [0.1, 0.15) is 39.5 Å². The summed E-state index contributed by atoms with van der Waals surface area (Å²) >= 11 is 1.67. The molecule has 0 rings (SSSR count). The Morgan fingerprint density at radius 1 is 1.23 bits per heavy atom. The standard InChI is InChI=1S/C10H20O2S/c1-3-5-7-12-10(11)9-13-8-6-4-2/h3-9H2,1-2H3. The SMILES string of the molecule is CCCCOC(=O)CSCCCC. The molecule has 0 radical (unpaired) electrons. The van der Waals surface area contributed by atoms with Crippen molar-refractivity contribution in [1.29, 1.82) is 0 Å². The summed E-state index contributed by atoms with van der Waals surface area (Å²) < 4.78 is 5.00. The van der Waals surface area contributed by atoms with Crippen molar-refractivity contribution < 1.29 is 9.53 Å². The summed E-state index contributed by atoms with van der Waals surface area (Å²) in [5, 5.41) is 0. The summed E-state index contributed by atoms with van der Waals surface area (Å²) in [5.74, 6) is 1.53. The first-order chi connectivity index (χ1) is 6.31. The van der Waals surface area contributed by atoms with Crippen LogP contribution in [0, 0.1) is 0 Å². The van der Waals surface area contributed by atoms with E-state index in [-0.39, 0.29) is 5.97 Å². The van der Waals surface area contributed by atoms with Gasteiger partial charge in [0.2, 0.25) is 0 Å². The zero-order valence-corrected chi connectivity index (χ0v) is 9.49. The number of esters is 1. The molecule has 0 bridgehead atoms. The van der Waals surface area contributed by atoms with Gasteiger partial charge in [-0.05, 0) is 18.6 Å². The molecule has 0 atom stereocenters. The Bertz CT molecular complexity index is 126. The van der Waals surface area contributed by atoms with Gasteiger partial charge in [-0.25, -0.2) is 0 Å². The molecule has 0 aliphatic rings. The highest BCUT2D eigenvalue weighted by molar-refractivity contribution is 7.99. The third-order valence-electron chi connectivity index (χ3n) is 1.62. The van der Waals surface area contributed by atoms with Gasteiger partial charge in [0, 0.05) is 0 Å². The summed E-state index contributed by atoms with van der Waals surface area (Å²) in [6.45, 7) is 4.83. The van der Waals surface area contributed by atoms with E-state index in [1.807, 2.05) is 0 Å². The van der Waals surface area contributed by atoms with Crippen LogP contribution < -0.4 is 0 Å². The second-order valence-electron chi connectivity index (χ2n) is 2.98. The monoisotopic (exact) mass is 204 g/mol. The van der Waals surface area contributed by atoms with Crippen LogP contribution in [0.3, 0.4) is 0 Å². The maximum Gasteiger partial charge on any atom is 0.315 e. The van der Waals surface area contributed by atoms with Gasteiger partial charge in [-0.3, -0.25) is 4.79 Å². The van der Waals surface area contributed by atoms with E-state index in [2.05, 4.69) is 13.8 Å². The molecule has 0 N–H and O–H groups in total. The van der Waals surface area contributed by atoms with E-state index in [4.69, 9.17) is 4.74 Å². The number of ether oxygens (including phenoxy) is 1. The van der Waals surface area contributed by atoms with Crippen LogP contribution in [0.25, 0.3) is 0 Å². The maximum atomic E-state index is 11.0. The van der Waals surface area contributed by atoms with Crippen molar-refractivity contribution >= 4 is 17.7 Å². The van der Waals surface area contributed by atoms with Crippen LogP contribution in [-0.2, 0) is 9.53 Å². The van der Waals surface area contributed by atoms with Crippen molar-refractivity contribution in [3.63, 3.8) is 0 Å². The minimum Gasteiger partial charge on any atom is -0.465 e. The third kappa shape index (κ3) is 9.74. The van der Waals surface area contributed by atoms with Gasteiger partial charge < -0.3 is 4.74 Å². The number of carbonyl (C=O) groups excluding carboxylic acids is 1. The number of unbranched alkanes of at least 4 members (excludes halogenated alkanes) is 2. The molecule has 3 heteroatoms. The van der Waals surface area contributed by atoms with Gasteiger partial charge in [-0.1, -0.05) is 26.7 Å². The molecule has 0 aromatic heterocycles. The first-order valence-corrected chi connectivity index (χ1v) is 6.20. The number of rotatable bonds is 8. The topological polar surface area (TPSA) is 26.3 Å². The number of hydrogen-bond acceptors (Lipinski definition) is 3. The fourth-order valence-corrected chi connectivity index (χ4v) is 1.66. The third-order valence-corrected chi connectivity index (χ3v) is 2.64. The Morgan fingerprint density at radius 3 is 2.54 bits per heavy atom. The second-order valence-corrected chi connectivity index (χ2v) is 4.09. The van der Waals surface area contributed by atoms with Crippen molar-refractivity contribution in [1.82, 2.24) is 0 Å². The average Bonchev–Trinajstić information content (AvgIpc) is 2.13. The van der Waals surface area contributed by atoms with E-state index in [0.717, 1.165) is 18.6 Å². The number of thioether (sulfide) groups is 1. The zero-order valence-electron chi connectivity index (χ0n) is 8.67. The first-order valence-electron chi connectivity index (χ1n) is 5.04. The van der Waals surface area contributed by atoms with Gasteiger partial charge in [0.15, 0.2) is 0 Å². The summed E-state index contributed by atoms with van der Waals surface area (Å²) in [7, 11) is 0. The molecule has 0 heterocycles. The lowest BCUT2D eigenvalue weighted by molar-refractivity contribution is -0.140. The van der Waals surface area contributed by atoms with E-state index in [0.29, 0.717) is 12.4 Å². The molecule has 13 heavy (non-hydrogen) atoms. The van der Waals surface area contributed by atoms with Crippen LogP contribution in [-0.4, -0.2) is 24.1 Å². The van der Waals surface area contributed by atoms with E-state index in [9.17, 15) is 4.79 Å². The molecular weight excluding hydrogens is 184 g/mol. The van der Waals surface area contributed by atoms with Crippen molar-refractivity contribution in [3.8, 4) is 0 Å². The molecule has 0 aromatic carbocycles. The highest BCUT2D eigenvalue weighted by Crippen LogP contribution is 2.04. The normalized spacial score (nSPS) is 10.0. The lowest BCUT2D eigenvalue weighted by atomic mass is 10.4. The highest BCUT2D eigenvalue weighted by Gasteiger charge is 2.01. The van der Waals surface area contributed by atoms with Crippen molar-refractivity contribution in [3.05, 3.63) is 0 Å². The molecule has 0 aliphatic heterocycles. The fraction of sp³-hybridized carbons (Fsp3) is 0.900. The minimum atomic E-state index is -0.0606. The lowest BCUT2D eigenvalue weighted by Crippen LogP contribution is -2.08. The van der Waals surface area contributed by atoms with Crippen molar-refractivity contribution in [2.24, 2.45) is 0 Å². The Labute approximate surface area is 85.4 Å². The van der Waals surface area contributed by atoms with E-state index in [1.54, 1.807) is 11.8 Å². The molecular formula is C10H20O2S. The van der Waals surface area contributed by atoms with Gasteiger partial charge in [-0.2, -0.15) is 11.8 Å². The first kappa shape index (κ1) is 12.8. The molecule has 78 valence electrons. The molecule has 0 unspecified atom stereocenters. The largest absolute Gasteiger partial charge is 0.465 e. The maximum absolute atomic E-state index is 11.0. The molecule has 0 saturated heterocycles. The van der Waals surface area contributed by atoms with Crippen LogP contribution in [0.4, 0.5) is 0 Å². The molecule has 2 nitrogen and oxygen atoms in total. The van der Waals surface area contributed by atoms with Gasteiger partial charge in [0.05, 0.1) is 12.4 Å². The average molecular weight is 204 g/mol. The van der Waals surface area contributed by atoms with Gasteiger partial charge in [0.25, 0.3) is 0 Å². The van der Waals surface area contributed by atoms with Gasteiger partial charge in [-0.15, -0.1) is 0 Å². The highest BCUT2D eigenvalue weighted by atomic mass is 32.2. The van der Waals surface area contributed by atoms with Crippen LogP contribution in [0.2, 0.25) is 0 Å². The van der Waals surface area contributed by atoms with Gasteiger partial charge >= 0.3 is 5.97 Å². The van der Waals surface area contributed by atoms with E-state index >= 15 is 0 Å². The minimum absolute atomic E-state index is 0.0606. The zero-order chi connectivity index (χ0) is 9.94. The summed E-state index contributed by atoms with van der Waals surface area (Å²) in [6.07, 6.45) is 4.44. The van der Waals surface area contributed by atoms with Gasteiger partial charge in [0.1, 0.15) is 0 Å². The lowest BCUT2D eigenvalue weighted by Gasteiger charge is -2.02.